The van der Waals surface area contributed by atoms with Gasteiger partial charge in [-0.05, 0) is 54.7 Å². The number of aliphatic hydroxyl groups is 1. The lowest BCUT2D eigenvalue weighted by Crippen LogP contribution is -2.51. The van der Waals surface area contributed by atoms with Crippen molar-refractivity contribution in [2.45, 2.75) is 55.4 Å². The number of ether oxygens (including phenoxy) is 1. The molecule has 0 saturated carbocycles. The van der Waals surface area contributed by atoms with Crippen LogP contribution in [0.4, 0.5) is 4.39 Å². The van der Waals surface area contributed by atoms with Crippen molar-refractivity contribution >= 4 is 15.9 Å². The molecule has 2 N–H and O–H groups in total. The molecular weight excluding hydrogens is 435 g/mol. The Kier molecular flexibility index (Phi) is 6.90. The van der Waals surface area contributed by atoms with Crippen LogP contribution in [0.3, 0.4) is 0 Å². The largest absolute Gasteiger partial charge is 0.394 e. The van der Waals surface area contributed by atoms with E-state index in [0.717, 1.165) is 24.1 Å². The Bertz CT molecular complexity index is 1060. The van der Waals surface area contributed by atoms with E-state index >= 15 is 0 Å². The number of benzene rings is 2. The van der Waals surface area contributed by atoms with Crippen molar-refractivity contribution < 1.29 is 27.4 Å². The van der Waals surface area contributed by atoms with Crippen molar-refractivity contribution in [3.8, 4) is 0 Å². The second-order valence-corrected chi connectivity index (χ2v) is 9.99. The Balaban J connectivity index is 1.34. The number of rotatable bonds is 6. The molecule has 2 aliphatic rings. The highest BCUT2D eigenvalue weighted by Gasteiger charge is 2.35. The predicted molar refractivity (Wildman–Crippen MR) is 116 cm³/mol. The van der Waals surface area contributed by atoms with Crippen LogP contribution in [0, 0.1) is 5.82 Å². The van der Waals surface area contributed by atoms with Crippen molar-refractivity contribution in [2.24, 2.45) is 0 Å². The van der Waals surface area contributed by atoms with Crippen LogP contribution in [0.25, 0.3) is 0 Å². The molecule has 0 aliphatic carbocycles. The number of fused-ring (bicyclic) bond motifs is 1. The van der Waals surface area contributed by atoms with Gasteiger partial charge in [-0.15, -0.1) is 0 Å². The van der Waals surface area contributed by atoms with Gasteiger partial charge in [0.05, 0.1) is 36.2 Å². The average molecular weight is 463 g/mol. The highest BCUT2D eigenvalue weighted by molar-refractivity contribution is 7.89. The van der Waals surface area contributed by atoms with Gasteiger partial charge < -0.3 is 14.7 Å². The van der Waals surface area contributed by atoms with Crippen molar-refractivity contribution in [2.75, 3.05) is 13.2 Å². The van der Waals surface area contributed by atoms with E-state index in [4.69, 9.17) is 4.74 Å². The van der Waals surface area contributed by atoms with Gasteiger partial charge in [-0.25, -0.2) is 17.5 Å². The first-order chi connectivity index (χ1) is 15.4. The normalized spacial score (nSPS) is 23.6. The molecule has 2 heterocycles. The summed E-state index contributed by atoms with van der Waals surface area (Å²) in [6, 6.07) is 12.0. The SMILES string of the molecule is O=C(C[C@H]1CC[C@H](NS(=O)(=O)c2ccc(F)cc2)[C@H](CO)O1)N1CCc2ccccc2C1. The maximum atomic E-state index is 13.1. The van der Waals surface area contributed by atoms with Crippen LogP contribution in [-0.2, 0) is 32.5 Å². The van der Waals surface area contributed by atoms with Crippen molar-refractivity contribution in [3.63, 3.8) is 0 Å². The van der Waals surface area contributed by atoms with E-state index in [0.29, 0.717) is 25.9 Å². The number of nitrogens with one attached hydrogen (secondary N) is 1. The molecule has 0 aromatic heterocycles. The first kappa shape index (κ1) is 22.8. The highest BCUT2D eigenvalue weighted by atomic mass is 32.2. The molecular formula is C23H27FN2O5S. The van der Waals surface area contributed by atoms with Gasteiger partial charge in [0.15, 0.2) is 0 Å². The number of hydrogen-bond donors (Lipinski definition) is 2. The van der Waals surface area contributed by atoms with Crippen LogP contribution in [-0.4, -0.2) is 55.7 Å². The molecule has 4 rings (SSSR count). The van der Waals surface area contributed by atoms with Crippen LogP contribution in [0.5, 0.6) is 0 Å². The lowest BCUT2D eigenvalue weighted by atomic mass is 9.96. The Labute approximate surface area is 187 Å². The molecule has 0 radical (unpaired) electrons. The third kappa shape index (κ3) is 5.17. The number of sulfonamides is 1. The van der Waals surface area contributed by atoms with Gasteiger partial charge in [-0.3, -0.25) is 4.79 Å². The monoisotopic (exact) mass is 462 g/mol. The van der Waals surface area contributed by atoms with Crippen LogP contribution in [0.15, 0.2) is 53.4 Å². The molecule has 2 aliphatic heterocycles. The highest BCUT2D eigenvalue weighted by Crippen LogP contribution is 2.26. The minimum absolute atomic E-state index is 0.00784. The zero-order valence-electron chi connectivity index (χ0n) is 17.6. The fourth-order valence-electron chi connectivity index (χ4n) is 4.33. The Morgan fingerprint density at radius 2 is 1.84 bits per heavy atom. The molecule has 1 saturated heterocycles. The first-order valence-electron chi connectivity index (χ1n) is 10.7. The lowest BCUT2D eigenvalue weighted by molar-refractivity contribution is -0.140. The maximum Gasteiger partial charge on any atom is 0.240 e. The Morgan fingerprint density at radius 3 is 2.56 bits per heavy atom. The third-order valence-corrected chi connectivity index (χ3v) is 7.62. The van der Waals surface area contributed by atoms with Gasteiger partial charge in [-0.1, -0.05) is 24.3 Å². The summed E-state index contributed by atoms with van der Waals surface area (Å²) in [4.78, 5) is 14.6. The maximum absolute atomic E-state index is 13.1. The van der Waals surface area contributed by atoms with Crippen LogP contribution in [0.2, 0.25) is 0 Å². The van der Waals surface area contributed by atoms with E-state index in [1.54, 1.807) is 0 Å². The third-order valence-electron chi connectivity index (χ3n) is 6.11. The Hall–Kier alpha value is -2.33. The number of hydrogen-bond acceptors (Lipinski definition) is 5. The second-order valence-electron chi connectivity index (χ2n) is 8.28. The summed E-state index contributed by atoms with van der Waals surface area (Å²) in [6.07, 6.45) is 0.772. The molecule has 32 heavy (non-hydrogen) atoms. The van der Waals surface area contributed by atoms with Crippen LogP contribution >= 0.6 is 0 Å². The molecule has 2 aromatic carbocycles. The summed E-state index contributed by atoms with van der Waals surface area (Å²) < 4.78 is 46.8. The second kappa shape index (κ2) is 9.66. The number of amides is 1. The van der Waals surface area contributed by atoms with Gasteiger partial charge >= 0.3 is 0 Å². The number of carbonyl (C=O) groups is 1. The number of carbonyl (C=O) groups excluding carboxylic acids is 1. The summed E-state index contributed by atoms with van der Waals surface area (Å²) in [5, 5.41) is 9.77. The van der Waals surface area contributed by atoms with E-state index < -0.39 is 28.0 Å². The van der Waals surface area contributed by atoms with E-state index in [9.17, 15) is 22.7 Å². The smallest absolute Gasteiger partial charge is 0.240 e. The first-order valence-corrected chi connectivity index (χ1v) is 12.2. The fourth-order valence-corrected chi connectivity index (χ4v) is 5.63. The topological polar surface area (TPSA) is 95.9 Å². The molecule has 7 nitrogen and oxygen atoms in total. The molecule has 0 unspecified atom stereocenters. The van der Waals surface area contributed by atoms with Gasteiger partial charge in [-0.2, -0.15) is 0 Å². The molecule has 2 aromatic rings. The van der Waals surface area contributed by atoms with Gasteiger partial charge in [0.1, 0.15) is 5.82 Å². The van der Waals surface area contributed by atoms with Crippen molar-refractivity contribution in [3.05, 3.63) is 65.5 Å². The predicted octanol–water partition coefficient (Wildman–Crippen LogP) is 1.99. The zero-order valence-corrected chi connectivity index (χ0v) is 18.4. The molecule has 172 valence electrons. The van der Waals surface area contributed by atoms with Crippen LogP contribution < -0.4 is 4.72 Å². The molecule has 3 atom stereocenters. The minimum atomic E-state index is -3.89. The van der Waals surface area contributed by atoms with Gasteiger partial charge in [0.2, 0.25) is 15.9 Å². The summed E-state index contributed by atoms with van der Waals surface area (Å²) in [6.45, 7) is 0.857. The zero-order chi connectivity index (χ0) is 22.7. The molecule has 1 fully saturated rings. The lowest BCUT2D eigenvalue weighted by Gasteiger charge is -2.37. The molecule has 0 spiro atoms. The quantitative estimate of drug-likeness (QED) is 0.685. The van der Waals surface area contributed by atoms with Gasteiger partial charge in [0.25, 0.3) is 0 Å². The summed E-state index contributed by atoms with van der Waals surface area (Å²) in [5.74, 6) is -0.533. The minimum Gasteiger partial charge on any atom is -0.394 e. The van der Waals surface area contributed by atoms with Crippen molar-refractivity contribution in [1.29, 1.82) is 0 Å². The standard InChI is InChI=1S/C23H27FN2O5S/c24-18-5-8-20(9-6-18)32(29,30)25-21-10-7-19(31-22(21)15-27)13-23(28)26-12-11-16-3-1-2-4-17(16)14-26/h1-6,8-9,19,21-22,25,27H,7,10-15H2/t19-,21+,22+/m1/s1. The summed E-state index contributed by atoms with van der Waals surface area (Å²) >= 11 is 0. The fraction of sp³-hybridized carbons (Fsp3) is 0.435. The van der Waals surface area contributed by atoms with E-state index in [2.05, 4.69) is 10.8 Å². The molecule has 9 heteroatoms. The van der Waals surface area contributed by atoms with Crippen LogP contribution in [0.1, 0.15) is 30.4 Å². The summed E-state index contributed by atoms with van der Waals surface area (Å²) in [7, 11) is -3.89. The van der Waals surface area contributed by atoms with Gasteiger partial charge in [0, 0.05) is 13.1 Å². The number of aliphatic hydroxyl groups excluding tert-OH is 1. The van der Waals surface area contributed by atoms with E-state index in [-0.39, 0.29) is 29.9 Å². The Morgan fingerprint density at radius 1 is 1.12 bits per heavy atom. The van der Waals surface area contributed by atoms with E-state index in [1.807, 2.05) is 23.1 Å². The molecule has 0 bridgehead atoms. The molecule has 1 amide bonds. The number of nitrogens with zero attached hydrogens (tertiary/aromatic N) is 1. The summed E-state index contributed by atoms with van der Waals surface area (Å²) in [5.41, 5.74) is 2.42. The number of halogens is 1. The van der Waals surface area contributed by atoms with E-state index in [1.165, 1.54) is 17.7 Å². The average Bonchev–Trinajstić information content (AvgIpc) is 2.79. The van der Waals surface area contributed by atoms with Crippen molar-refractivity contribution in [1.82, 2.24) is 9.62 Å².